The minimum Gasteiger partial charge on any atom is -0.425 e. The van der Waals surface area contributed by atoms with Crippen molar-refractivity contribution in [1.82, 2.24) is 4.72 Å². The zero-order chi connectivity index (χ0) is 22.2. The number of nitrogens with one attached hydrogen (secondary N) is 1. The van der Waals surface area contributed by atoms with E-state index in [1.165, 1.54) is 25.1 Å². The summed E-state index contributed by atoms with van der Waals surface area (Å²) in [5.74, 6) is -0.590. The predicted molar refractivity (Wildman–Crippen MR) is 116 cm³/mol. The lowest BCUT2D eigenvalue weighted by Crippen LogP contribution is -2.40. The fraction of sp³-hybridized carbons (Fsp3) is 0.304. The van der Waals surface area contributed by atoms with Gasteiger partial charge in [0.05, 0.1) is 4.90 Å². The molecule has 1 aliphatic rings. The van der Waals surface area contributed by atoms with Crippen molar-refractivity contribution >= 4 is 27.0 Å². The first-order valence-corrected chi connectivity index (χ1v) is 11.6. The Labute approximate surface area is 180 Å². The fourth-order valence-corrected chi connectivity index (χ4v) is 4.95. The molecule has 0 spiro atoms. The van der Waals surface area contributed by atoms with Crippen molar-refractivity contribution in [3.05, 3.63) is 69.6 Å². The highest BCUT2D eigenvalue weighted by atomic mass is 32.2. The second-order valence-electron chi connectivity index (χ2n) is 7.79. The van der Waals surface area contributed by atoms with E-state index >= 15 is 0 Å². The average molecular weight is 442 g/mol. The van der Waals surface area contributed by atoms with Gasteiger partial charge >= 0.3 is 11.6 Å². The van der Waals surface area contributed by atoms with Gasteiger partial charge in [0.1, 0.15) is 17.4 Å². The summed E-state index contributed by atoms with van der Waals surface area (Å²) in [6, 6.07) is 10.1. The molecule has 3 aromatic rings. The Hall–Kier alpha value is -2.97. The van der Waals surface area contributed by atoms with Crippen molar-refractivity contribution in [2.24, 2.45) is 0 Å². The van der Waals surface area contributed by atoms with Gasteiger partial charge in [-0.15, -0.1) is 0 Å². The predicted octanol–water partition coefficient (Wildman–Crippen LogP) is 3.25. The molecule has 1 aliphatic carbocycles. The number of carbonyl (C=O) groups is 1. The number of benzene rings is 2. The summed E-state index contributed by atoms with van der Waals surface area (Å²) >= 11 is 0. The maximum Gasteiger partial charge on any atom is 0.339 e. The first-order chi connectivity index (χ1) is 14.7. The van der Waals surface area contributed by atoms with Gasteiger partial charge < -0.3 is 9.15 Å². The van der Waals surface area contributed by atoms with E-state index in [1.807, 2.05) is 6.92 Å². The van der Waals surface area contributed by atoms with Crippen LogP contribution in [0.1, 0.15) is 36.5 Å². The van der Waals surface area contributed by atoms with Gasteiger partial charge in [0.15, 0.2) is 0 Å². The quantitative estimate of drug-likeness (QED) is 0.370. The Kier molecular flexibility index (Phi) is 5.68. The smallest absolute Gasteiger partial charge is 0.339 e. The molecular weight excluding hydrogens is 418 g/mol. The Morgan fingerprint density at radius 1 is 1.06 bits per heavy atom. The molecule has 0 saturated heterocycles. The molecule has 0 saturated carbocycles. The molecule has 0 amide bonds. The SMILES string of the molecule is Cc1ccc(S(=O)(=O)N[C@@H](C)C(=O)Oc2ccc3c4c(c(=O)oc3c2)CCCC4)cc1. The van der Waals surface area contributed by atoms with Gasteiger partial charge in [-0.25, -0.2) is 18.0 Å². The van der Waals surface area contributed by atoms with Crippen LogP contribution in [0.15, 0.2) is 56.6 Å². The molecule has 1 heterocycles. The lowest BCUT2D eigenvalue weighted by atomic mass is 9.91. The zero-order valence-corrected chi connectivity index (χ0v) is 18.1. The van der Waals surface area contributed by atoms with Gasteiger partial charge in [-0.1, -0.05) is 17.7 Å². The summed E-state index contributed by atoms with van der Waals surface area (Å²) < 4.78 is 38.1. The minimum atomic E-state index is -3.87. The van der Waals surface area contributed by atoms with E-state index in [0.717, 1.165) is 41.3 Å². The second-order valence-corrected chi connectivity index (χ2v) is 9.50. The number of sulfonamides is 1. The molecule has 2 aromatic carbocycles. The lowest BCUT2D eigenvalue weighted by molar-refractivity contribution is -0.135. The van der Waals surface area contributed by atoms with Crippen LogP contribution in [-0.4, -0.2) is 20.4 Å². The second kappa shape index (κ2) is 8.28. The van der Waals surface area contributed by atoms with Gasteiger partial charge in [-0.2, -0.15) is 4.72 Å². The molecular formula is C23H23NO6S. The summed E-state index contributed by atoms with van der Waals surface area (Å²) in [5.41, 5.74) is 2.64. The van der Waals surface area contributed by atoms with Crippen LogP contribution in [0.3, 0.4) is 0 Å². The van der Waals surface area contributed by atoms with Crippen molar-refractivity contribution in [2.45, 2.75) is 50.5 Å². The number of fused-ring (bicyclic) bond motifs is 3. The van der Waals surface area contributed by atoms with Crippen molar-refractivity contribution < 1.29 is 22.4 Å². The van der Waals surface area contributed by atoms with Crippen molar-refractivity contribution in [1.29, 1.82) is 0 Å². The Balaban J connectivity index is 1.52. The van der Waals surface area contributed by atoms with Crippen LogP contribution in [0, 0.1) is 6.92 Å². The Morgan fingerprint density at radius 3 is 2.45 bits per heavy atom. The summed E-state index contributed by atoms with van der Waals surface area (Å²) in [7, 11) is -3.87. The monoisotopic (exact) mass is 441 g/mol. The number of rotatable bonds is 5. The molecule has 0 radical (unpaired) electrons. The van der Waals surface area contributed by atoms with Crippen molar-refractivity contribution in [3.8, 4) is 5.75 Å². The van der Waals surface area contributed by atoms with Gasteiger partial charge in [0.2, 0.25) is 10.0 Å². The molecule has 31 heavy (non-hydrogen) atoms. The number of carbonyl (C=O) groups excluding carboxylic acids is 1. The number of esters is 1. The topological polar surface area (TPSA) is 103 Å². The van der Waals surface area contributed by atoms with Crippen LogP contribution in [0.4, 0.5) is 0 Å². The Morgan fingerprint density at radius 2 is 1.74 bits per heavy atom. The van der Waals surface area contributed by atoms with Crippen LogP contribution >= 0.6 is 0 Å². The fourth-order valence-electron chi connectivity index (χ4n) is 3.76. The van der Waals surface area contributed by atoms with E-state index in [-0.39, 0.29) is 16.3 Å². The van der Waals surface area contributed by atoms with Crippen molar-refractivity contribution in [2.75, 3.05) is 0 Å². The standard InChI is InChI=1S/C23H23NO6S/c1-14-7-10-17(11-8-14)31(27,28)24-15(2)22(25)29-16-9-12-19-18-5-3-4-6-20(18)23(26)30-21(19)13-16/h7-13,15,24H,3-6H2,1-2H3/t15-/m0/s1. The largest absolute Gasteiger partial charge is 0.425 e. The maximum absolute atomic E-state index is 12.5. The van der Waals surface area contributed by atoms with Crippen LogP contribution in [0.5, 0.6) is 5.75 Å². The van der Waals surface area contributed by atoms with E-state index < -0.39 is 22.0 Å². The summed E-state index contributed by atoms with van der Waals surface area (Å²) in [4.78, 5) is 24.8. The molecule has 8 heteroatoms. The normalized spacial score (nSPS) is 14.8. The minimum absolute atomic E-state index is 0.0648. The number of aryl methyl sites for hydroxylation is 2. The molecule has 0 fully saturated rings. The first kappa shape index (κ1) is 21.3. The van der Waals surface area contributed by atoms with E-state index in [4.69, 9.17) is 9.15 Å². The molecule has 1 aromatic heterocycles. The highest BCUT2D eigenvalue weighted by Crippen LogP contribution is 2.29. The lowest BCUT2D eigenvalue weighted by Gasteiger charge is -2.17. The zero-order valence-electron chi connectivity index (χ0n) is 17.3. The van der Waals surface area contributed by atoms with E-state index in [9.17, 15) is 18.0 Å². The third kappa shape index (κ3) is 4.40. The number of hydrogen-bond donors (Lipinski definition) is 1. The van der Waals surface area contributed by atoms with Crippen molar-refractivity contribution in [3.63, 3.8) is 0 Å². The summed E-state index contributed by atoms with van der Waals surface area (Å²) in [6.45, 7) is 3.26. The summed E-state index contributed by atoms with van der Waals surface area (Å²) in [5, 5.41) is 0.835. The highest BCUT2D eigenvalue weighted by Gasteiger charge is 2.24. The number of ether oxygens (including phenoxy) is 1. The van der Waals surface area contributed by atoms with E-state index in [2.05, 4.69) is 4.72 Å². The Bertz CT molecular complexity index is 1310. The van der Waals surface area contributed by atoms with Gasteiger partial charge in [-0.05, 0) is 69.4 Å². The molecule has 4 rings (SSSR count). The summed E-state index contributed by atoms with van der Waals surface area (Å²) in [6.07, 6.45) is 3.51. The van der Waals surface area contributed by atoms with E-state index in [0.29, 0.717) is 12.0 Å². The molecule has 0 aliphatic heterocycles. The van der Waals surface area contributed by atoms with Crippen LogP contribution in [-0.2, 0) is 27.7 Å². The third-order valence-electron chi connectivity index (χ3n) is 5.43. The maximum atomic E-state index is 12.5. The molecule has 1 atom stereocenters. The van der Waals surface area contributed by atoms with Gasteiger partial charge in [-0.3, -0.25) is 0 Å². The molecule has 7 nitrogen and oxygen atoms in total. The van der Waals surface area contributed by atoms with Crippen LogP contribution in [0.2, 0.25) is 0 Å². The van der Waals surface area contributed by atoms with E-state index in [1.54, 1.807) is 24.3 Å². The highest BCUT2D eigenvalue weighted by molar-refractivity contribution is 7.89. The molecule has 0 unspecified atom stereocenters. The van der Waals surface area contributed by atoms with Crippen LogP contribution < -0.4 is 15.1 Å². The van der Waals surface area contributed by atoms with Gasteiger partial charge in [0, 0.05) is 17.0 Å². The molecule has 1 N–H and O–H groups in total. The van der Waals surface area contributed by atoms with Crippen LogP contribution in [0.25, 0.3) is 11.0 Å². The van der Waals surface area contributed by atoms with Gasteiger partial charge in [0.25, 0.3) is 0 Å². The average Bonchev–Trinajstić information content (AvgIpc) is 2.74. The number of hydrogen-bond acceptors (Lipinski definition) is 6. The molecule has 0 bridgehead atoms. The third-order valence-corrected chi connectivity index (χ3v) is 6.99. The molecule has 162 valence electrons. The first-order valence-electron chi connectivity index (χ1n) is 10.1.